The third kappa shape index (κ3) is 8.41. The summed E-state index contributed by atoms with van der Waals surface area (Å²) in [6, 6.07) is 13.3. The Bertz CT molecular complexity index is 1050. The minimum Gasteiger partial charge on any atom is -0.367 e. The number of amides is 2. The molecule has 2 amide bonds. The van der Waals surface area contributed by atoms with Crippen LogP contribution in [0.2, 0.25) is 0 Å². The molecule has 3 aromatic rings. The summed E-state index contributed by atoms with van der Waals surface area (Å²) >= 11 is 0. The van der Waals surface area contributed by atoms with E-state index in [4.69, 9.17) is 0 Å². The van der Waals surface area contributed by atoms with E-state index in [0.717, 1.165) is 5.56 Å². The van der Waals surface area contributed by atoms with Crippen molar-refractivity contribution in [3.05, 3.63) is 83.9 Å². The van der Waals surface area contributed by atoms with Gasteiger partial charge >= 0.3 is 6.18 Å². The van der Waals surface area contributed by atoms with Crippen molar-refractivity contribution in [2.24, 2.45) is 0 Å². The van der Waals surface area contributed by atoms with Crippen LogP contribution in [0.25, 0.3) is 0 Å². The molecule has 1 heterocycles. The summed E-state index contributed by atoms with van der Waals surface area (Å²) in [5.41, 5.74) is 2.29. The number of nitrogens with one attached hydrogen (secondary N) is 2. The summed E-state index contributed by atoms with van der Waals surface area (Å²) in [7, 11) is 0. The first-order valence-electron chi connectivity index (χ1n) is 10.1. The average Bonchev–Trinajstić information content (AvgIpc) is 3.30. The molecule has 0 unspecified atom stereocenters. The molecular formula is C23H23F3N4O3. The molecule has 0 atom stereocenters. The standard InChI is InChI=1S/C23H23F3N4O3/c24-23(25,26)15-33-14-18-6-4-17(5-7-18)13-28-22(32)19-2-1-3-20(12-19)29-21(31)8-10-30-11-9-27-16-30/h1-7,9,11-12,16H,8,10,13-15H2,(H,28,32)(H,29,31). The van der Waals surface area contributed by atoms with Crippen molar-refractivity contribution in [1.29, 1.82) is 0 Å². The summed E-state index contributed by atoms with van der Waals surface area (Å²) in [6.45, 7) is -0.703. The number of carbonyl (C=O) groups excluding carboxylic acids is 2. The summed E-state index contributed by atoms with van der Waals surface area (Å²) in [4.78, 5) is 28.5. The van der Waals surface area contributed by atoms with Crippen LogP contribution in [0, 0.1) is 0 Å². The highest BCUT2D eigenvalue weighted by atomic mass is 19.4. The second kappa shape index (κ2) is 11.3. The molecule has 3 rings (SSSR count). The average molecular weight is 460 g/mol. The number of benzene rings is 2. The van der Waals surface area contributed by atoms with Crippen LogP contribution >= 0.6 is 0 Å². The number of aryl methyl sites for hydroxylation is 1. The zero-order valence-electron chi connectivity index (χ0n) is 17.6. The number of ether oxygens (including phenoxy) is 1. The zero-order valence-corrected chi connectivity index (χ0v) is 17.6. The van der Waals surface area contributed by atoms with Gasteiger partial charge in [0.25, 0.3) is 5.91 Å². The van der Waals surface area contributed by atoms with Crippen molar-refractivity contribution < 1.29 is 27.5 Å². The van der Waals surface area contributed by atoms with E-state index >= 15 is 0 Å². The zero-order chi connectivity index (χ0) is 23.7. The number of hydrogen-bond acceptors (Lipinski definition) is 4. The van der Waals surface area contributed by atoms with E-state index < -0.39 is 12.8 Å². The molecule has 174 valence electrons. The van der Waals surface area contributed by atoms with Crippen molar-refractivity contribution in [1.82, 2.24) is 14.9 Å². The van der Waals surface area contributed by atoms with Gasteiger partial charge < -0.3 is 19.9 Å². The lowest BCUT2D eigenvalue weighted by Crippen LogP contribution is -2.23. The first-order chi connectivity index (χ1) is 15.8. The molecule has 0 aliphatic carbocycles. The predicted molar refractivity (Wildman–Crippen MR) is 115 cm³/mol. The number of hydrogen-bond donors (Lipinski definition) is 2. The first-order valence-corrected chi connectivity index (χ1v) is 10.1. The van der Waals surface area contributed by atoms with Gasteiger partial charge in [-0.05, 0) is 29.3 Å². The Kier molecular flexibility index (Phi) is 8.20. The molecular weight excluding hydrogens is 437 g/mol. The van der Waals surface area contributed by atoms with Crippen LogP contribution in [-0.2, 0) is 29.2 Å². The van der Waals surface area contributed by atoms with Crippen molar-refractivity contribution in [3.8, 4) is 0 Å². The maximum absolute atomic E-state index is 12.5. The predicted octanol–water partition coefficient (Wildman–Crippen LogP) is 3.92. The van der Waals surface area contributed by atoms with Gasteiger partial charge in [-0.15, -0.1) is 0 Å². The summed E-state index contributed by atoms with van der Waals surface area (Å²) < 4.78 is 42.8. The molecule has 0 spiro atoms. The van der Waals surface area contributed by atoms with Gasteiger partial charge in [0, 0.05) is 43.2 Å². The van der Waals surface area contributed by atoms with Crippen molar-refractivity contribution >= 4 is 17.5 Å². The number of anilines is 1. The molecule has 0 saturated carbocycles. The molecule has 0 saturated heterocycles. The molecule has 2 N–H and O–H groups in total. The summed E-state index contributed by atoms with van der Waals surface area (Å²) in [6.07, 6.45) is 0.956. The molecule has 1 aromatic heterocycles. The monoisotopic (exact) mass is 460 g/mol. The molecule has 33 heavy (non-hydrogen) atoms. The fourth-order valence-corrected chi connectivity index (χ4v) is 2.93. The third-order valence-electron chi connectivity index (χ3n) is 4.58. The number of halogens is 3. The van der Waals surface area contributed by atoms with Crippen LogP contribution in [0.3, 0.4) is 0 Å². The maximum atomic E-state index is 12.5. The third-order valence-corrected chi connectivity index (χ3v) is 4.58. The number of aromatic nitrogens is 2. The number of nitrogens with zero attached hydrogens (tertiary/aromatic N) is 2. The van der Waals surface area contributed by atoms with Gasteiger partial charge in [-0.2, -0.15) is 13.2 Å². The van der Waals surface area contributed by atoms with Crippen molar-refractivity contribution in [2.75, 3.05) is 11.9 Å². The SMILES string of the molecule is O=C(CCn1ccnc1)Nc1cccc(C(=O)NCc2ccc(COCC(F)(F)F)cc2)c1. The van der Waals surface area contributed by atoms with E-state index in [0.29, 0.717) is 23.4 Å². The molecule has 0 radical (unpaired) electrons. The first kappa shape index (κ1) is 24.0. The quantitative estimate of drug-likeness (QED) is 0.480. The molecule has 10 heteroatoms. The van der Waals surface area contributed by atoms with Crippen LogP contribution < -0.4 is 10.6 Å². The van der Waals surface area contributed by atoms with E-state index in [9.17, 15) is 22.8 Å². The van der Waals surface area contributed by atoms with Crippen molar-refractivity contribution in [2.45, 2.75) is 32.3 Å². The Balaban J connectivity index is 1.45. The highest BCUT2D eigenvalue weighted by Gasteiger charge is 2.27. The van der Waals surface area contributed by atoms with E-state index in [1.807, 2.05) is 0 Å². The Hall–Kier alpha value is -3.66. The van der Waals surface area contributed by atoms with Gasteiger partial charge in [0.15, 0.2) is 0 Å². The van der Waals surface area contributed by atoms with Crippen molar-refractivity contribution in [3.63, 3.8) is 0 Å². The van der Waals surface area contributed by atoms with Gasteiger partial charge in [0.05, 0.1) is 12.9 Å². The smallest absolute Gasteiger partial charge is 0.367 e. The Morgan fingerprint density at radius 3 is 2.52 bits per heavy atom. The molecule has 0 aliphatic rings. The fraction of sp³-hybridized carbons (Fsp3) is 0.261. The van der Waals surface area contributed by atoms with Crippen LogP contribution in [-0.4, -0.2) is 34.1 Å². The van der Waals surface area contributed by atoms with Crippen LogP contribution in [0.5, 0.6) is 0 Å². The second-order valence-electron chi connectivity index (χ2n) is 7.29. The molecule has 0 fully saturated rings. The van der Waals surface area contributed by atoms with Gasteiger partial charge in [-0.3, -0.25) is 9.59 Å². The van der Waals surface area contributed by atoms with Crippen LogP contribution in [0.1, 0.15) is 27.9 Å². The molecule has 0 bridgehead atoms. The molecule has 0 aliphatic heterocycles. The lowest BCUT2D eigenvalue weighted by molar-refractivity contribution is -0.176. The topological polar surface area (TPSA) is 85.2 Å². The summed E-state index contributed by atoms with van der Waals surface area (Å²) in [5.74, 6) is -0.498. The highest BCUT2D eigenvalue weighted by Crippen LogP contribution is 2.16. The maximum Gasteiger partial charge on any atom is 0.411 e. The normalized spacial score (nSPS) is 11.2. The van der Waals surface area contributed by atoms with Gasteiger partial charge in [-0.25, -0.2) is 4.98 Å². The fourth-order valence-electron chi connectivity index (χ4n) is 2.93. The number of alkyl halides is 3. The lowest BCUT2D eigenvalue weighted by atomic mass is 10.1. The minimum atomic E-state index is -4.36. The van der Waals surface area contributed by atoms with E-state index in [2.05, 4.69) is 20.4 Å². The van der Waals surface area contributed by atoms with Crippen LogP contribution in [0.4, 0.5) is 18.9 Å². The van der Waals surface area contributed by atoms with Gasteiger partial charge in [0.1, 0.15) is 6.61 Å². The van der Waals surface area contributed by atoms with Gasteiger partial charge in [0.2, 0.25) is 5.91 Å². The van der Waals surface area contributed by atoms with Crippen LogP contribution in [0.15, 0.2) is 67.3 Å². The number of carbonyl (C=O) groups is 2. The summed E-state index contributed by atoms with van der Waals surface area (Å²) in [5, 5.41) is 5.55. The van der Waals surface area contributed by atoms with E-state index in [1.54, 1.807) is 71.8 Å². The van der Waals surface area contributed by atoms with Gasteiger partial charge in [-0.1, -0.05) is 30.3 Å². The lowest BCUT2D eigenvalue weighted by Gasteiger charge is -2.10. The number of imidazole rings is 1. The molecule has 7 nitrogen and oxygen atoms in total. The molecule has 2 aromatic carbocycles. The minimum absolute atomic E-state index is 0.146. The number of rotatable bonds is 10. The largest absolute Gasteiger partial charge is 0.411 e. The Labute approximate surface area is 188 Å². The Morgan fingerprint density at radius 1 is 1.06 bits per heavy atom. The second-order valence-corrected chi connectivity index (χ2v) is 7.29. The van der Waals surface area contributed by atoms with E-state index in [-0.39, 0.29) is 31.4 Å². The van der Waals surface area contributed by atoms with E-state index in [1.165, 1.54) is 0 Å². The highest BCUT2D eigenvalue weighted by molar-refractivity contribution is 5.97. The Morgan fingerprint density at radius 2 is 1.82 bits per heavy atom.